The second-order valence-corrected chi connectivity index (χ2v) is 5.73. The van der Waals surface area contributed by atoms with Gasteiger partial charge in [0.05, 0.1) is 13.5 Å². The number of likely N-dealkylation sites (tertiary alicyclic amines) is 1. The summed E-state index contributed by atoms with van der Waals surface area (Å²) in [4.78, 5) is 25.8. The molecular formula is C16H21NO3. The Labute approximate surface area is 119 Å². The number of aryl methyl sites for hydroxylation is 2. The monoisotopic (exact) mass is 275 g/mol. The van der Waals surface area contributed by atoms with Gasteiger partial charge in [0.1, 0.15) is 5.54 Å². The number of ether oxygens (including phenoxy) is 1. The fourth-order valence-corrected chi connectivity index (χ4v) is 2.83. The summed E-state index contributed by atoms with van der Waals surface area (Å²) in [7, 11) is 1.36. The van der Waals surface area contributed by atoms with Crippen LogP contribution in [0.1, 0.15) is 30.0 Å². The first-order valence-corrected chi connectivity index (χ1v) is 6.83. The van der Waals surface area contributed by atoms with E-state index < -0.39 is 5.54 Å². The fraction of sp³-hybridized carbons (Fsp3) is 0.500. The number of hydrogen-bond donors (Lipinski definition) is 0. The summed E-state index contributed by atoms with van der Waals surface area (Å²) in [5.41, 5.74) is 2.50. The van der Waals surface area contributed by atoms with Gasteiger partial charge in [-0.2, -0.15) is 0 Å². The Bertz CT molecular complexity index is 532. The van der Waals surface area contributed by atoms with Crippen molar-refractivity contribution in [3.05, 3.63) is 34.9 Å². The van der Waals surface area contributed by atoms with E-state index in [0.29, 0.717) is 19.4 Å². The van der Waals surface area contributed by atoms with E-state index in [-0.39, 0.29) is 11.9 Å². The zero-order valence-corrected chi connectivity index (χ0v) is 12.5. The molecule has 2 rings (SSSR count). The van der Waals surface area contributed by atoms with Crippen molar-refractivity contribution in [1.29, 1.82) is 0 Å². The van der Waals surface area contributed by atoms with Gasteiger partial charge in [0.2, 0.25) is 5.91 Å². The average molecular weight is 275 g/mol. The van der Waals surface area contributed by atoms with Crippen LogP contribution in [0.15, 0.2) is 18.2 Å². The van der Waals surface area contributed by atoms with E-state index in [1.54, 1.807) is 11.8 Å². The Hall–Kier alpha value is -1.84. The first-order valence-electron chi connectivity index (χ1n) is 6.83. The van der Waals surface area contributed by atoms with Gasteiger partial charge < -0.3 is 9.64 Å². The van der Waals surface area contributed by atoms with Gasteiger partial charge in [-0.3, -0.25) is 4.79 Å². The largest absolute Gasteiger partial charge is 0.467 e. The minimum atomic E-state index is -0.787. The van der Waals surface area contributed by atoms with Crippen molar-refractivity contribution in [2.45, 2.75) is 39.2 Å². The lowest BCUT2D eigenvalue weighted by atomic mass is 9.86. The molecule has 1 saturated heterocycles. The molecule has 1 amide bonds. The van der Waals surface area contributed by atoms with Gasteiger partial charge >= 0.3 is 5.97 Å². The molecule has 0 N–H and O–H groups in total. The molecule has 0 radical (unpaired) electrons. The van der Waals surface area contributed by atoms with Crippen LogP contribution in [0.25, 0.3) is 0 Å². The Morgan fingerprint density at radius 2 is 1.85 bits per heavy atom. The lowest BCUT2D eigenvalue weighted by molar-refractivity contribution is -0.171. The van der Waals surface area contributed by atoms with Crippen molar-refractivity contribution < 1.29 is 14.3 Å². The van der Waals surface area contributed by atoms with Gasteiger partial charge in [-0.15, -0.1) is 0 Å². The molecule has 0 aliphatic carbocycles. The minimum Gasteiger partial charge on any atom is -0.467 e. The minimum absolute atomic E-state index is 0.0193. The van der Waals surface area contributed by atoms with E-state index in [9.17, 15) is 9.59 Å². The van der Waals surface area contributed by atoms with E-state index in [4.69, 9.17) is 4.74 Å². The fourth-order valence-electron chi connectivity index (χ4n) is 2.83. The van der Waals surface area contributed by atoms with Gasteiger partial charge in [-0.1, -0.05) is 29.3 Å². The SMILES string of the molecule is COC(=O)[C@]1(C)CCN1C(=O)Cc1cc(C)cc(C)c1. The summed E-state index contributed by atoms with van der Waals surface area (Å²) in [6.45, 7) is 6.42. The molecule has 1 heterocycles. The highest BCUT2D eigenvalue weighted by molar-refractivity contribution is 5.90. The van der Waals surface area contributed by atoms with Crippen LogP contribution < -0.4 is 0 Å². The maximum atomic E-state index is 12.4. The summed E-state index contributed by atoms with van der Waals surface area (Å²) in [6.07, 6.45) is 0.993. The summed E-state index contributed by atoms with van der Waals surface area (Å²) in [5.74, 6) is -0.355. The third kappa shape index (κ3) is 2.55. The van der Waals surface area contributed by atoms with Crippen LogP contribution in [0.4, 0.5) is 0 Å². The molecule has 108 valence electrons. The predicted molar refractivity (Wildman–Crippen MR) is 76.4 cm³/mol. The molecule has 20 heavy (non-hydrogen) atoms. The van der Waals surface area contributed by atoms with Crippen molar-refractivity contribution in [3.63, 3.8) is 0 Å². The Kier molecular flexibility index (Phi) is 3.84. The Morgan fingerprint density at radius 3 is 2.30 bits per heavy atom. The molecule has 0 unspecified atom stereocenters. The van der Waals surface area contributed by atoms with Gasteiger partial charge in [0.15, 0.2) is 0 Å². The van der Waals surface area contributed by atoms with E-state index >= 15 is 0 Å². The lowest BCUT2D eigenvalue weighted by Gasteiger charge is -2.48. The molecule has 1 aromatic rings. The number of hydrogen-bond acceptors (Lipinski definition) is 3. The quantitative estimate of drug-likeness (QED) is 0.793. The van der Waals surface area contributed by atoms with E-state index in [2.05, 4.69) is 6.07 Å². The van der Waals surface area contributed by atoms with Crippen LogP contribution in [0.5, 0.6) is 0 Å². The van der Waals surface area contributed by atoms with Gasteiger partial charge in [0, 0.05) is 6.54 Å². The van der Waals surface area contributed by atoms with Crippen molar-refractivity contribution in [2.24, 2.45) is 0 Å². The molecule has 1 aromatic carbocycles. The van der Waals surface area contributed by atoms with Crippen LogP contribution in [-0.2, 0) is 20.7 Å². The number of benzene rings is 1. The molecule has 0 spiro atoms. The van der Waals surface area contributed by atoms with Crippen molar-refractivity contribution >= 4 is 11.9 Å². The van der Waals surface area contributed by atoms with Crippen molar-refractivity contribution in [2.75, 3.05) is 13.7 Å². The van der Waals surface area contributed by atoms with Crippen LogP contribution in [-0.4, -0.2) is 36.0 Å². The van der Waals surface area contributed by atoms with Gasteiger partial charge in [-0.05, 0) is 32.8 Å². The number of carbonyl (C=O) groups is 2. The van der Waals surface area contributed by atoms with E-state index in [1.165, 1.54) is 7.11 Å². The predicted octanol–water partition coefficient (Wildman–Crippen LogP) is 2.01. The average Bonchev–Trinajstić information content (AvgIpc) is 2.34. The number of rotatable bonds is 3. The molecule has 0 saturated carbocycles. The normalized spacial score (nSPS) is 21.3. The molecule has 4 heteroatoms. The number of carbonyl (C=O) groups excluding carboxylic acids is 2. The zero-order chi connectivity index (χ0) is 14.9. The molecule has 0 aromatic heterocycles. The van der Waals surface area contributed by atoms with Crippen molar-refractivity contribution in [3.8, 4) is 0 Å². The van der Waals surface area contributed by atoms with Crippen LogP contribution in [0, 0.1) is 13.8 Å². The van der Waals surface area contributed by atoms with E-state index in [0.717, 1.165) is 16.7 Å². The van der Waals surface area contributed by atoms with Gasteiger partial charge in [0.25, 0.3) is 0 Å². The number of methoxy groups -OCH3 is 1. The standard InChI is InChI=1S/C16H21NO3/c1-11-7-12(2)9-13(8-11)10-14(18)17-6-5-16(17,3)15(19)20-4/h7-9H,5-6,10H2,1-4H3/t16-/m0/s1. The molecular weight excluding hydrogens is 254 g/mol. The first-order chi connectivity index (χ1) is 9.36. The Morgan fingerprint density at radius 1 is 1.25 bits per heavy atom. The smallest absolute Gasteiger partial charge is 0.331 e. The highest BCUT2D eigenvalue weighted by Gasteiger charge is 2.50. The van der Waals surface area contributed by atoms with Crippen LogP contribution >= 0.6 is 0 Å². The number of amides is 1. The maximum Gasteiger partial charge on any atom is 0.331 e. The second-order valence-electron chi connectivity index (χ2n) is 5.73. The van der Waals surface area contributed by atoms with Crippen LogP contribution in [0.3, 0.4) is 0 Å². The molecule has 1 aliphatic rings. The summed E-state index contributed by atoms with van der Waals surface area (Å²) < 4.78 is 4.79. The zero-order valence-electron chi connectivity index (χ0n) is 12.5. The third-order valence-electron chi connectivity index (χ3n) is 3.98. The molecule has 4 nitrogen and oxygen atoms in total. The van der Waals surface area contributed by atoms with Gasteiger partial charge in [-0.25, -0.2) is 4.79 Å². The molecule has 1 aliphatic heterocycles. The second kappa shape index (κ2) is 5.27. The molecule has 1 fully saturated rings. The summed E-state index contributed by atoms with van der Waals surface area (Å²) >= 11 is 0. The highest BCUT2D eigenvalue weighted by atomic mass is 16.5. The number of nitrogens with zero attached hydrogens (tertiary/aromatic N) is 1. The Balaban J connectivity index is 2.11. The van der Waals surface area contributed by atoms with Crippen LogP contribution in [0.2, 0.25) is 0 Å². The highest BCUT2D eigenvalue weighted by Crippen LogP contribution is 2.32. The van der Waals surface area contributed by atoms with Crippen molar-refractivity contribution in [1.82, 2.24) is 4.90 Å². The molecule has 0 bridgehead atoms. The lowest BCUT2D eigenvalue weighted by Crippen LogP contribution is -2.65. The maximum absolute atomic E-state index is 12.4. The summed E-state index contributed by atoms with van der Waals surface area (Å²) in [5, 5.41) is 0. The third-order valence-corrected chi connectivity index (χ3v) is 3.98. The summed E-state index contributed by atoms with van der Waals surface area (Å²) in [6, 6.07) is 6.11. The number of esters is 1. The first kappa shape index (κ1) is 14.6. The topological polar surface area (TPSA) is 46.6 Å². The molecule has 1 atom stereocenters. The van der Waals surface area contributed by atoms with E-state index in [1.807, 2.05) is 26.0 Å².